The maximum Gasteiger partial charge on any atom is 0.303 e. The molecule has 0 aliphatic rings. The van der Waals surface area contributed by atoms with Gasteiger partial charge in [0.05, 0.1) is 0 Å². The van der Waals surface area contributed by atoms with Crippen LogP contribution in [0.4, 0.5) is 0 Å². The van der Waals surface area contributed by atoms with Gasteiger partial charge in [-0.25, -0.2) is 9.44 Å². The molecule has 0 fully saturated rings. The van der Waals surface area contributed by atoms with Crippen LogP contribution >= 0.6 is 0 Å². The van der Waals surface area contributed by atoms with Crippen molar-refractivity contribution in [3.8, 4) is 0 Å². The fourth-order valence-corrected chi connectivity index (χ4v) is 2.45. The van der Waals surface area contributed by atoms with Crippen molar-refractivity contribution in [2.24, 2.45) is 11.3 Å². The molecule has 19 heavy (non-hydrogen) atoms. The van der Waals surface area contributed by atoms with Crippen LogP contribution in [-0.4, -0.2) is 32.6 Å². The maximum absolute atomic E-state index is 11.6. The smallest absolute Gasteiger partial charge is 0.303 e. The highest BCUT2D eigenvalue weighted by Crippen LogP contribution is 2.25. The van der Waals surface area contributed by atoms with Crippen molar-refractivity contribution in [2.45, 2.75) is 47.0 Å². The van der Waals surface area contributed by atoms with E-state index in [0.29, 0.717) is 25.9 Å². The third kappa shape index (κ3) is 10.9. The Morgan fingerprint density at radius 2 is 1.79 bits per heavy atom. The van der Waals surface area contributed by atoms with Crippen LogP contribution in [0.1, 0.15) is 47.0 Å². The van der Waals surface area contributed by atoms with Gasteiger partial charge in [0.25, 0.3) is 10.2 Å². The molecule has 6 nitrogen and oxygen atoms in total. The standard InChI is InChI=1S/C12H26N2O4S/c1-10(2)9-14-19(17,18)13-8-7-12(3,4)6-5-11(15)16/h10,13-14H,5-9H2,1-4H3,(H,15,16). The van der Waals surface area contributed by atoms with Crippen molar-refractivity contribution in [2.75, 3.05) is 13.1 Å². The van der Waals surface area contributed by atoms with Gasteiger partial charge < -0.3 is 5.11 Å². The van der Waals surface area contributed by atoms with E-state index in [1.807, 2.05) is 27.7 Å². The molecule has 0 spiro atoms. The molecule has 0 radical (unpaired) electrons. The fourth-order valence-electron chi connectivity index (χ4n) is 1.42. The molecule has 114 valence electrons. The van der Waals surface area contributed by atoms with Crippen LogP contribution in [-0.2, 0) is 15.0 Å². The summed E-state index contributed by atoms with van der Waals surface area (Å²) >= 11 is 0. The Kier molecular flexibility index (Phi) is 7.54. The molecule has 0 aliphatic heterocycles. The molecule has 0 rings (SSSR count). The van der Waals surface area contributed by atoms with Crippen molar-refractivity contribution in [1.29, 1.82) is 0 Å². The minimum atomic E-state index is -3.45. The minimum Gasteiger partial charge on any atom is -0.481 e. The zero-order chi connectivity index (χ0) is 15.1. The molecule has 0 saturated carbocycles. The van der Waals surface area contributed by atoms with Crippen LogP contribution < -0.4 is 9.44 Å². The van der Waals surface area contributed by atoms with E-state index in [2.05, 4.69) is 9.44 Å². The molecule has 0 heterocycles. The van der Waals surface area contributed by atoms with Gasteiger partial charge in [0.1, 0.15) is 0 Å². The van der Waals surface area contributed by atoms with Crippen LogP contribution in [0.15, 0.2) is 0 Å². The average Bonchev–Trinajstić information content (AvgIpc) is 2.23. The van der Waals surface area contributed by atoms with Gasteiger partial charge in [-0.05, 0) is 24.2 Å². The van der Waals surface area contributed by atoms with Gasteiger partial charge in [-0.3, -0.25) is 4.79 Å². The lowest BCUT2D eigenvalue weighted by Gasteiger charge is -2.23. The summed E-state index contributed by atoms with van der Waals surface area (Å²) in [4.78, 5) is 10.5. The Balaban J connectivity index is 4.03. The van der Waals surface area contributed by atoms with Crippen molar-refractivity contribution in [3.63, 3.8) is 0 Å². The van der Waals surface area contributed by atoms with Gasteiger partial charge in [-0.15, -0.1) is 0 Å². The van der Waals surface area contributed by atoms with E-state index in [1.165, 1.54) is 0 Å². The van der Waals surface area contributed by atoms with E-state index in [4.69, 9.17) is 5.11 Å². The van der Waals surface area contributed by atoms with Crippen LogP contribution in [0.25, 0.3) is 0 Å². The lowest BCUT2D eigenvalue weighted by molar-refractivity contribution is -0.137. The number of rotatable bonds is 10. The number of carboxylic acids is 1. The summed E-state index contributed by atoms with van der Waals surface area (Å²) in [5, 5.41) is 8.63. The number of nitrogens with one attached hydrogen (secondary N) is 2. The lowest BCUT2D eigenvalue weighted by atomic mass is 9.84. The van der Waals surface area contributed by atoms with Crippen LogP contribution in [0.3, 0.4) is 0 Å². The molecular formula is C12H26N2O4S. The third-order valence-corrected chi connectivity index (χ3v) is 3.92. The first-order chi connectivity index (χ1) is 8.54. The zero-order valence-electron chi connectivity index (χ0n) is 12.2. The monoisotopic (exact) mass is 294 g/mol. The van der Waals surface area contributed by atoms with E-state index < -0.39 is 16.2 Å². The molecule has 0 bridgehead atoms. The second-order valence-corrected chi connectivity index (χ2v) is 7.53. The van der Waals surface area contributed by atoms with Gasteiger partial charge in [0.2, 0.25) is 0 Å². The quantitative estimate of drug-likeness (QED) is 0.566. The maximum atomic E-state index is 11.6. The Morgan fingerprint density at radius 1 is 1.21 bits per heavy atom. The molecular weight excluding hydrogens is 268 g/mol. The highest BCUT2D eigenvalue weighted by molar-refractivity contribution is 7.87. The molecule has 0 aromatic rings. The van der Waals surface area contributed by atoms with Crippen molar-refractivity contribution in [1.82, 2.24) is 9.44 Å². The third-order valence-electron chi connectivity index (χ3n) is 2.79. The number of hydrogen-bond donors (Lipinski definition) is 3. The molecule has 0 atom stereocenters. The van der Waals surface area contributed by atoms with Crippen molar-refractivity contribution < 1.29 is 18.3 Å². The van der Waals surface area contributed by atoms with Gasteiger partial charge in [0.15, 0.2) is 0 Å². The number of carbonyl (C=O) groups is 1. The van der Waals surface area contributed by atoms with E-state index in [-0.39, 0.29) is 17.8 Å². The van der Waals surface area contributed by atoms with E-state index in [1.54, 1.807) is 0 Å². The van der Waals surface area contributed by atoms with Gasteiger partial charge >= 0.3 is 5.97 Å². The Hall–Kier alpha value is -0.660. The highest BCUT2D eigenvalue weighted by atomic mass is 32.2. The Bertz CT molecular complexity index is 377. The SMILES string of the molecule is CC(C)CNS(=O)(=O)NCCC(C)(C)CCC(=O)O. The van der Waals surface area contributed by atoms with Crippen LogP contribution in [0, 0.1) is 11.3 Å². The van der Waals surface area contributed by atoms with E-state index >= 15 is 0 Å². The molecule has 0 unspecified atom stereocenters. The molecule has 0 amide bonds. The molecule has 0 saturated heterocycles. The lowest BCUT2D eigenvalue weighted by Crippen LogP contribution is -2.39. The number of carboxylic acid groups (broad SMARTS) is 1. The van der Waals surface area contributed by atoms with Crippen molar-refractivity contribution >= 4 is 16.2 Å². The zero-order valence-corrected chi connectivity index (χ0v) is 13.0. The summed E-state index contributed by atoms with van der Waals surface area (Å²) in [7, 11) is -3.45. The van der Waals surface area contributed by atoms with E-state index in [0.717, 1.165) is 0 Å². The van der Waals surface area contributed by atoms with Crippen molar-refractivity contribution in [3.05, 3.63) is 0 Å². The second-order valence-electron chi connectivity index (χ2n) is 5.95. The second kappa shape index (κ2) is 7.81. The fraction of sp³-hybridized carbons (Fsp3) is 0.917. The predicted octanol–water partition coefficient (Wildman–Crippen LogP) is 1.35. The first kappa shape index (κ1) is 18.3. The predicted molar refractivity (Wildman–Crippen MR) is 75.0 cm³/mol. The number of hydrogen-bond acceptors (Lipinski definition) is 3. The largest absolute Gasteiger partial charge is 0.481 e. The summed E-state index contributed by atoms with van der Waals surface area (Å²) < 4.78 is 28.1. The van der Waals surface area contributed by atoms with Crippen LogP contribution in [0.2, 0.25) is 0 Å². The molecule has 0 aromatic heterocycles. The highest BCUT2D eigenvalue weighted by Gasteiger charge is 2.20. The summed E-state index contributed by atoms with van der Waals surface area (Å²) in [6.45, 7) is 8.43. The van der Waals surface area contributed by atoms with Gasteiger partial charge in [-0.1, -0.05) is 27.7 Å². The first-order valence-corrected chi connectivity index (χ1v) is 7.98. The number of aliphatic carboxylic acids is 1. The van der Waals surface area contributed by atoms with E-state index in [9.17, 15) is 13.2 Å². The van der Waals surface area contributed by atoms with Gasteiger partial charge in [0, 0.05) is 19.5 Å². The normalized spacial score (nSPS) is 12.9. The summed E-state index contributed by atoms with van der Waals surface area (Å²) in [5.41, 5.74) is -0.195. The molecule has 0 aliphatic carbocycles. The van der Waals surface area contributed by atoms with Crippen LogP contribution in [0.5, 0.6) is 0 Å². The molecule has 7 heteroatoms. The topological polar surface area (TPSA) is 95.5 Å². The molecule has 0 aromatic carbocycles. The van der Waals surface area contributed by atoms with Gasteiger partial charge in [-0.2, -0.15) is 8.42 Å². The summed E-state index contributed by atoms with van der Waals surface area (Å²) in [5.74, 6) is -0.573. The average molecular weight is 294 g/mol. The Morgan fingerprint density at radius 3 is 2.26 bits per heavy atom. The Labute approximate surface area is 116 Å². The summed E-state index contributed by atoms with van der Waals surface area (Å²) in [6.07, 6.45) is 1.23. The minimum absolute atomic E-state index is 0.103. The first-order valence-electron chi connectivity index (χ1n) is 6.50. The summed E-state index contributed by atoms with van der Waals surface area (Å²) in [6, 6.07) is 0. The molecule has 3 N–H and O–H groups in total.